The number of rotatable bonds is 5. The molecular weight excluding hydrogens is 267 g/mol. The molecule has 0 radical (unpaired) electrons. The summed E-state index contributed by atoms with van der Waals surface area (Å²) in [7, 11) is 2.86. The lowest BCUT2D eigenvalue weighted by molar-refractivity contribution is -0.141. The van der Waals surface area contributed by atoms with Gasteiger partial charge in [-0.3, -0.25) is 4.79 Å². The van der Waals surface area contributed by atoms with Crippen molar-refractivity contribution in [1.82, 2.24) is 4.90 Å². The van der Waals surface area contributed by atoms with Crippen molar-refractivity contribution in [3.8, 4) is 5.75 Å². The number of benzene rings is 1. The molecule has 6 nitrogen and oxygen atoms in total. The number of urea groups is 1. The Morgan fingerprint density at radius 3 is 2.70 bits per heavy atom. The van der Waals surface area contributed by atoms with E-state index in [9.17, 15) is 14.0 Å². The van der Waals surface area contributed by atoms with Gasteiger partial charge >= 0.3 is 12.0 Å². The summed E-state index contributed by atoms with van der Waals surface area (Å²) in [5, 5.41) is 11.3. The van der Waals surface area contributed by atoms with Crippen molar-refractivity contribution in [2.24, 2.45) is 5.92 Å². The summed E-state index contributed by atoms with van der Waals surface area (Å²) in [6.45, 7) is 1.54. The summed E-state index contributed by atoms with van der Waals surface area (Å²) >= 11 is 0. The van der Waals surface area contributed by atoms with Crippen LogP contribution in [-0.2, 0) is 4.79 Å². The predicted octanol–water partition coefficient (Wildman–Crippen LogP) is 2.02. The van der Waals surface area contributed by atoms with Gasteiger partial charge in [-0.2, -0.15) is 0 Å². The molecule has 1 aromatic rings. The van der Waals surface area contributed by atoms with E-state index in [2.05, 4.69) is 5.32 Å². The second kappa shape index (κ2) is 6.74. The third-order valence-corrected chi connectivity index (χ3v) is 2.72. The molecule has 1 aromatic carbocycles. The highest BCUT2D eigenvalue weighted by Gasteiger charge is 2.18. The number of nitrogens with zero attached hydrogens (tertiary/aromatic N) is 1. The van der Waals surface area contributed by atoms with Gasteiger partial charge in [0, 0.05) is 19.7 Å². The number of hydrogen-bond acceptors (Lipinski definition) is 3. The van der Waals surface area contributed by atoms with Gasteiger partial charge in [-0.1, -0.05) is 6.92 Å². The zero-order valence-electron chi connectivity index (χ0n) is 11.5. The second-order valence-corrected chi connectivity index (χ2v) is 4.39. The minimum Gasteiger partial charge on any atom is -0.495 e. The molecule has 1 unspecified atom stereocenters. The molecule has 7 heteroatoms. The first-order valence-electron chi connectivity index (χ1n) is 5.93. The monoisotopic (exact) mass is 284 g/mol. The van der Waals surface area contributed by atoms with Crippen molar-refractivity contribution in [3.05, 3.63) is 24.0 Å². The fourth-order valence-electron chi connectivity index (χ4n) is 1.56. The highest BCUT2D eigenvalue weighted by atomic mass is 19.1. The topological polar surface area (TPSA) is 78.9 Å². The quantitative estimate of drug-likeness (QED) is 0.867. The van der Waals surface area contributed by atoms with Crippen LogP contribution in [-0.4, -0.2) is 42.7 Å². The molecule has 0 bridgehead atoms. The van der Waals surface area contributed by atoms with E-state index in [1.54, 1.807) is 0 Å². The zero-order valence-corrected chi connectivity index (χ0v) is 11.5. The number of nitrogens with one attached hydrogen (secondary N) is 1. The van der Waals surface area contributed by atoms with Gasteiger partial charge in [0.1, 0.15) is 11.6 Å². The van der Waals surface area contributed by atoms with Crippen LogP contribution in [0.1, 0.15) is 6.92 Å². The molecule has 1 rings (SSSR count). The molecule has 0 saturated heterocycles. The molecule has 1 atom stereocenters. The number of carbonyl (C=O) groups excluding carboxylic acids is 1. The average Bonchev–Trinajstić information content (AvgIpc) is 2.38. The number of carbonyl (C=O) groups is 2. The Labute approximate surface area is 116 Å². The van der Waals surface area contributed by atoms with Crippen LogP contribution in [0.5, 0.6) is 5.75 Å². The van der Waals surface area contributed by atoms with Crippen molar-refractivity contribution in [3.63, 3.8) is 0 Å². The van der Waals surface area contributed by atoms with Crippen molar-refractivity contribution >= 4 is 17.7 Å². The number of aliphatic carboxylic acids is 1. The van der Waals surface area contributed by atoms with E-state index in [4.69, 9.17) is 9.84 Å². The maximum absolute atomic E-state index is 13.2. The molecule has 0 aromatic heterocycles. The van der Waals surface area contributed by atoms with Crippen molar-refractivity contribution in [2.75, 3.05) is 26.0 Å². The predicted molar refractivity (Wildman–Crippen MR) is 71.4 cm³/mol. The number of hydrogen-bond donors (Lipinski definition) is 2. The van der Waals surface area contributed by atoms with Crippen LogP contribution in [0.2, 0.25) is 0 Å². The molecule has 110 valence electrons. The summed E-state index contributed by atoms with van der Waals surface area (Å²) < 4.78 is 18.2. The van der Waals surface area contributed by atoms with E-state index in [-0.39, 0.29) is 12.2 Å². The van der Waals surface area contributed by atoms with Gasteiger partial charge in [-0.25, -0.2) is 9.18 Å². The summed E-state index contributed by atoms with van der Waals surface area (Å²) in [6.07, 6.45) is 0. The number of amides is 2. The molecule has 2 N–H and O–H groups in total. The van der Waals surface area contributed by atoms with Gasteiger partial charge in [-0.05, 0) is 12.1 Å². The Hall–Kier alpha value is -2.31. The first-order valence-corrected chi connectivity index (χ1v) is 5.93. The van der Waals surface area contributed by atoms with Crippen molar-refractivity contribution in [2.45, 2.75) is 6.92 Å². The molecule has 0 aliphatic heterocycles. The molecule has 0 spiro atoms. The molecule has 0 aliphatic rings. The fraction of sp³-hybridized carbons (Fsp3) is 0.385. The van der Waals surface area contributed by atoms with E-state index in [0.29, 0.717) is 5.75 Å². The number of carboxylic acid groups (broad SMARTS) is 1. The Morgan fingerprint density at radius 2 is 2.15 bits per heavy atom. The van der Waals surface area contributed by atoms with Crippen molar-refractivity contribution < 1.29 is 23.8 Å². The van der Waals surface area contributed by atoms with Crippen LogP contribution in [0, 0.1) is 11.7 Å². The van der Waals surface area contributed by atoms with Gasteiger partial charge in [0.2, 0.25) is 0 Å². The first kappa shape index (κ1) is 15.7. The van der Waals surface area contributed by atoms with E-state index in [0.717, 1.165) is 6.07 Å². The molecule has 2 amide bonds. The Morgan fingerprint density at radius 1 is 1.50 bits per heavy atom. The van der Waals surface area contributed by atoms with Gasteiger partial charge in [0.15, 0.2) is 0 Å². The van der Waals surface area contributed by atoms with Gasteiger partial charge in [0.05, 0.1) is 18.7 Å². The lowest BCUT2D eigenvalue weighted by Crippen LogP contribution is -2.36. The van der Waals surface area contributed by atoms with Crippen LogP contribution in [0.25, 0.3) is 0 Å². The third-order valence-electron chi connectivity index (χ3n) is 2.72. The number of methoxy groups -OCH3 is 1. The van der Waals surface area contributed by atoms with Gasteiger partial charge < -0.3 is 20.1 Å². The maximum Gasteiger partial charge on any atom is 0.321 e. The largest absolute Gasteiger partial charge is 0.495 e. The van der Waals surface area contributed by atoms with Crippen LogP contribution in [0.15, 0.2) is 18.2 Å². The SMILES string of the molecule is COc1ccc(F)cc1NC(=O)N(C)CC(C)C(=O)O. The van der Waals surface area contributed by atoms with Crippen LogP contribution >= 0.6 is 0 Å². The van der Waals surface area contributed by atoms with E-state index >= 15 is 0 Å². The Balaban J connectivity index is 2.75. The molecule has 0 heterocycles. The third kappa shape index (κ3) is 4.11. The van der Waals surface area contributed by atoms with E-state index < -0.39 is 23.7 Å². The van der Waals surface area contributed by atoms with E-state index in [1.807, 2.05) is 0 Å². The Kier molecular flexibility index (Phi) is 5.31. The number of anilines is 1. The van der Waals surface area contributed by atoms with Gasteiger partial charge in [0.25, 0.3) is 0 Å². The number of halogens is 1. The fourth-order valence-corrected chi connectivity index (χ4v) is 1.56. The van der Waals surface area contributed by atoms with E-state index in [1.165, 1.54) is 38.1 Å². The highest BCUT2D eigenvalue weighted by Crippen LogP contribution is 2.25. The maximum atomic E-state index is 13.2. The zero-order chi connectivity index (χ0) is 15.3. The molecule has 20 heavy (non-hydrogen) atoms. The minimum atomic E-state index is -0.993. The van der Waals surface area contributed by atoms with Crippen molar-refractivity contribution in [1.29, 1.82) is 0 Å². The smallest absolute Gasteiger partial charge is 0.321 e. The summed E-state index contributed by atoms with van der Waals surface area (Å²) in [5.41, 5.74) is 0.187. The summed E-state index contributed by atoms with van der Waals surface area (Å²) in [4.78, 5) is 23.8. The van der Waals surface area contributed by atoms with Crippen LogP contribution in [0.4, 0.5) is 14.9 Å². The summed E-state index contributed by atoms with van der Waals surface area (Å²) in [6, 6.07) is 3.20. The molecule has 0 aliphatic carbocycles. The Bertz CT molecular complexity index is 507. The number of carboxylic acids is 1. The molecular formula is C13H17FN2O4. The average molecular weight is 284 g/mol. The molecule has 0 saturated carbocycles. The van der Waals surface area contributed by atoms with Crippen LogP contribution < -0.4 is 10.1 Å². The van der Waals surface area contributed by atoms with Crippen LogP contribution in [0.3, 0.4) is 0 Å². The highest BCUT2D eigenvalue weighted by molar-refractivity contribution is 5.91. The second-order valence-electron chi connectivity index (χ2n) is 4.39. The summed E-state index contributed by atoms with van der Waals surface area (Å²) in [5.74, 6) is -1.88. The lowest BCUT2D eigenvalue weighted by atomic mass is 10.2. The van der Waals surface area contributed by atoms with Gasteiger partial charge in [-0.15, -0.1) is 0 Å². The standard InChI is InChI=1S/C13H17FN2O4/c1-8(12(17)18)7-16(2)13(19)15-10-6-9(14)4-5-11(10)20-3/h4-6,8H,7H2,1-3H3,(H,15,19)(H,17,18). The first-order chi connectivity index (χ1) is 9.35. The molecule has 0 fully saturated rings. The number of ether oxygens (including phenoxy) is 1. The minimum absolute atomic E-state index is 0.0405. The normalized spacial score (nSPS) is 11.6. The lowest BCUT2D eigenvalue weighted by Gasteiger charge is -2.20.